The minimum atomic E-state index is -3.78. The first-order valence-electron chi connectivity index (χ1n) is 7.72. The molecule has 2 N–H and O–H groups in total. The van der Waals surface area contributed by atoms with Crippen molar-refractivity contribution in [1.82, 2.24) is 0 Å². The summed E-state index contributed by atoms with van der Waals surface area (Å²) in [6.45, 7) is 1.64. The van der Waals surface area contributed by atoms with Crippen LogP contribution in [0.5, 0.6) is 0 Å². The molecule has 1 aromatic carbocycles. The maximum atomic E-state index is 12.6. The number of halogens is 1. The molecular weight excluding hydrogens is 359 g/mol. The van der Waals surface area contributed by atoms with Crippen LogP contribution in [-0.4, -0.2) is 47.8 Å². The van der Waals surface area contributed by atoms with Crippen molar-refractivity contribution >= 4 is 19.4 Å². The highest BCUT2D eigenvalue weighted by Crippen LogP contribution is 2.57. The molecule has 6 atom stereocenters. The van der Waals surface area contributed by atoms with Gasteiger partial charge in [0, 0.05) is 11.4 Å². The van der Waals surface area contributed by atoms with E-state index < -0.39 is 38.3 Å². The lowest BCUT2D eigenvalue weighted by molar-refractivity contribution is -0.0339. The van der Waals surface area contributed by atoms with Gasteiger partial charge >= 0.3 is 7.82 Å². The molecule has 0 bridgehead atoms. The average molecular weight is 379 g/mol. The van der Waals surface area contributed by atoms with E-state index in [4.69, 9.17) is 29.9 Å². The zero-order valence-electron chi connectivity index (χ0n) is 13.1. The van der Waals surface area contributed by atoms with Gasteiger partial charge in [0.1, 0.15) is 18.3 Å². The number of aliphatic hydroxyl groups is 2. The van der Waals surface area contributed by atoms with E-state index in [0.717, 1.165) is 5.56 Å². The molecule has 2 aliphatic heterocycles. The minimum absolute atomic E-state index is 0.206. The first-order valence-corrected chi connectivity index (χ1v) is 9.56. The molecule has 0 radical (unpaired) electrons. The fourth-order valence-electron chi connectivity index (χ4n) is 2.75. The number of phosphoric ester groups is 1. The van der Waals surface area contributed by atoms with Crippen molar-refractivity contribution in [1.29, 1.82) is 0 Å². The second-order valence-electron chi connectivity index (χ2n) is 5.87. The van der Waals surface area contributed by atoms with Crippen LogP contribution in [0, 0.1) is 0 Å². The van der Waals surface area contributed by atoms with Crippen molar-refractivity contribution < 1.29 is 33.1 Å². The van der Waals surface area contributed by atoms with Gasteiger partial charge in [-0.2, -0.15) is 0 Å². The molecule has 2 fully saturated rings. The smallest absolute Gasteiger partial charge is 0.388 e. The molecule has 7 nitrogen and oxygen atoms in total. The zero-order chi connectivity index (χ0) is 17.3. The normalized spacial score (nSPS) is 39.9. The summed E-state index contributed by atoms with van der Waals surface area (Å²) in [5.41, 5.74) is 0.788. The van der Waals surface area contributed by atoms with Crippen LogP contribution >= 0.6 is 19.4 Å². The molecule has 0 aliphatic carbocycles. The third-order valence-corrected chi connectivity index (χ3v) is 5.82. The quantitative estimate of drug-likeness (QED) is 0.777. The molecule has 1 aromatic rings. The summed E-state index contributed by atoms with van der Waals surface area (Å²) < 4.78 is 34.0. The fraction of sp³-hybridized carbons (Fsp3) is 0.600. The van der Waals surface area contributed by atoms with Crippen molar-refractivity contribution in [2.45, 2.75) is 43.9 Å². The Labute approximate surface area is 145 Å². The van der Waals surface area contributed by atoms with E-state index in [0.29, 0.717) is 11.4 Å². The van der Waals surface area contributed by atoms with Gasteiger partial charge in [-0.15, -0.1) is 0 Å². The second-order valence-corrected chi connectivity index (χ2v) is 7.93. The Morgan fingerprint density at radius 2 is 2.17 bits per heavy atom. The van der Waals surface area contributed by atoms with Gasteiger partial charge in [-0.25, -0.2) is 4.57 Å². The zero-order valence-corrected chi connectivity index (χ0v) is 14.7. The van der Waals surface area contributed by atoms with Gasteiger partial charge in [0.25, 0.3) is 0 Å². The summed E-state index contributed by atoms with van der Waals surface area (Å²) in [7, 11) is -3.78. The lowest BCUT2D eigenvalue weighted by atomic mass is 10.1. The molecule has 2 unspecified atom stereocenters. The van der Waals surface area contributed by atoms with Crippen LogP contribution in [0.3, 0.4) is 0 Å². The van der Waals surface area contributed by atoms with Gasteiger partial charge in [-0.1, -0.05) is 23.7 Å². The Bertz CT molecular complexity index is 628. The Balaban J connectivity index is 1.62. The molecule has 2 heterocycles. The van der Waals surface area contributed by atoms with Crippen LogP contribution in [0.25, 0.3) is 0 Å². The molecule has 24 heavy (non-hydrogen) atoms. The Morgan fingerprint density at radius 1 is 1.38 bits per heavy atom. The van der Waals surface area contributed by atoms with Crippen molar-refractivity contribution in [3.05, 3.63) is 34.9 Å². The average Bonchev–Trinajstić information content (AvgIpc) is 2.80. The minimum Gasteiger partial charge on any atom is -0.388 e. The predicted molar refractivity (Wildman–Crippen MR) is 85.8 cm³/mol. The summed E-state index contributed by atoms with van der Waals surface area (Å²) in [6.07, 6.45) is -3.37. The topological polar surface area (TPSA) is 94.5 Å². The third kappa shape index (κ3) is 4.00. The number of aliphatic hydroxyl groups excluding tert-OH is 2. The van der Waals surface area contributed by atoms with Crippen molar-refractivity contribution in [2.24, 2.45) is 0 Å². The van der Waals surface area contributed by atoms with Gasteiger partial charge in [-0.3, -0.25) is 13.6 Å². The highest BCUT2D eigenvalue weighted by molar-refractivity contribution is 7.48. The van der Waals surface area contributed by atoms with E-state index in [1.54, 1.807) is 25.1 Å². The van der Waals surface area contributed by atoms with Crippen LogP contribution in [0.15, 0.2) is 24.3 Å². The van der Waals surface area contributed by atoms with Crippen LogP contribution in [-0.2, 0) is 22.9 Å². The first-order chi connectivity index (χ1) is 11.4. The largest absolute Gasteiger partial charge is 0.475 e. The van der Waals surface area contributed by atoms with Crippen LogP contribution in [0.1, 0.15) is 25.0 Å². The van der Waals surface area contributed by atoms with Crippen LogP contribution < -0.4 is 0 Å². The summed E-state index contributed by atoms with van der Waals surface area (Å²) in [6, 6.07) is 7.09. The maximum absolute atomic E-state index is 12.6. The van der Waals surface area contributed by atoms with E-state index in [9.17, 15) is 14.8 Å². The molecule has 134 valence electrons. The summed E-state index contributed by atoms with van der Waals surface area (Å²) >= 11 is 5.97. The monoisotopic (exact) mass is 378 g/mol. The SMILES string of the molecule is C[C@@H]1O[C@H](COP2(=O)OCC[C@@H](c3cccc(Cl)c3)O2)C(O)[C@@H]1O. The highest BCUT2D eigenvalue weighted by Gasteiger charge is 2.43. The van der Waals surface area contributed by atoms with E-state index in [1.165, 1.54) is 0 Å². The number of benzene rings is 1. The number of rotatable bonds is 4. The number of hydrogen-bond acceptors (Lipinski definition) is 7. The second kappa shape index (κ2) is 7.40. The van der Waals surface area contributed by atoms with Gasteiger partial charge in [-0.05, 0) is 24.6 Å². The number of ether oxygens (including phenoxy) is 1. The molecule has 2 saturated heterocycles. The molecule has 9 heteroatoms. The fourth-order valence-corrected chi connectivity index (χ4v) is 4.34. The highest BCUT2D eigenvalue weighted by atomic mass is 35.5. The Hall–Kier alpha value is -0.500. The summed E-state index contributed by atoms with van der Waals surface area (Å²) in [5, 5.41) is 20.1. The number of phosphoric acid groups is 1. The van der Waals surface area contributed by atoms with Crippen LogP contribution in [0.2, 0.25) is 5.02 Å². The molecule has 0 aromatic heterocycles. The Kier molecular flexibility index (Phi) is 5.64. The lowest BCUT2D eigenvalue weighted by Crippen LogP contribution is -2.34. The molecule has 0 amide bonds. The molecule has 2 aliphatic rings. The van der Waals surface area contributed by atoms with E-state index >= 15 is 0 Å². The van der Waals surface area contributed by atoms with Crippen molar-refractivity contribution in [3.8, 4) is 0 Å². The molecule has 3 rings (SSSR count). The standard InChI is InChI=1S/C15H20ClO7P/c1-9-14(17)15(18)13(22-9)8-21-24(19)20-6-5-12(23-24)10-3-2-4-11(16)7-10/h2-4,7,9,12-15,17-18H,5-6,8H2,1H3/t9-,12-,13+,14+,15?,24?/m0/s1. The van der Waals surface area contributed by atoms with Gasteiger partial charge < -0.3 is 14.9 Å². The van der Waals surface area contributed by atoms with Gasteiger partial charge in [0.15, 0.2) is 0 Å². The van der Waals surface area contributed by atoms with E-state index in [-0.39, 0.29) is 13.2 Å². The summed E-state index contributed by atoms with van der Waals surface area (Å²) in [4.78, 5) is 0. The Morgan fingerprint density at radius 3 is 2.83 bits per heavy atom. The molecule has 0 saturated carbocycles. The predicted octanol–water partition coefficient (Wildman–Crippen LogP) is 2.45. The van der Waals surface area contributed by atoms with E-state index in [1.807, 2.05) is 6.07 Å². The summed E-state index contributed by atoms with van der Waals surface area (Å²) in [5.74, 6) is 0. The molecular formula is C15H20ClO7P. The van der Waals surface area contributed by atoms with Crippen molar-refractivity contribution in [3.63, 3.8) is 0 Å². The third-order valence-electron chi connectivity index (χ3n) is 4.10. The maximum Gasteiger partial charge on any atom is 0.475 e. The van der Waals surface area contributed by atoms with Crippen molar-refractivity contribution in [2.75, 3.05) is 13.2 Å². The number of hydrogen-bond donors (Lipinski definition) is 2. The van der Waals surface area contributed by atoms with Gasteiger partial charge in [0.05, 0.1) is 25.4 Å². The van der Waals surface area contributed by atoms with Crippen LogP contribution in [0.4, 0.5) is 0 Å². The first kappa shape index (κ1) is 18.3. The molecule has 0 spiro atoms. The van der Waals surface area contributed by atoms with E-state index in [2.05, 4.69) is 0 Å². The lowest BCUT2D eigenvalue weighted by Gasteiger charge is -2.29. The van der Waals surface area contributed by atoms with Gasteiger partial charge in [0.2, 0.25) is 0 Å².